The average molecular weight is 812 g/mol. The van der Waals surface area contributed by atoms with Crippen LogP contribution in [-0.4, -0.2) is 54.6 Å². The molecular weight excluding hydrogens is 747 g/mol. The van der Waals surface area contributed by atoms with Gasteiger partial charge in [-0.05, 0) is 53.0 Å². The van der Waals surface area contributed by atoms with E-state index in [0.717, 1.165) is 53.0 Å². The predicted molar refractivity (Wildman–Crippen MR) is 227 cm³/mol. The Kier molecular flexibility index (Phi) is 17.0. The lowest BCUT2D eigenvalue weighted by atomic mass is 9.88. The molecule has 10 nitrogen and oxygen atoms in total. The minimum absolute atomic E-state index is 0.00859. The number of alkyl carbamates (subject to hydrolysis) is 1. The Morgan fingerprint density at radius 2 is 1.24 bits per heavy atom. The van der Waals surface area contributed by atoms with Crippen molar-refractivity contribution in [2.24, 2.45) is 17.8 Å². The van der Waals surface area contributed by atoms with E-state index in [1.54, 1.807) is 20.8 Å². The van der Waals surface area contributed by atoms with Crippen molar-refractivity contribution in [3.63, 3.8) is 0 Å². The summed E-state index contributed by atoms with van der Waals surface area (Å²) in [6, 6.07) is 23.7. The highest BCUT2D eigenvalue weighted by Crippen LogP contribution is 2.44. The van der Waals surface area contributed by atoms with Crippen molar-refractivity contribution in [3.8, 4) is 11.1 Å². The van der Waals surface area contributed by atoms with Gasteiger partial charge in [-0.25, -0.2) is 14.4 Å². The van der Waals surface area contributed by atoms with Crippen LogP contribution in [-0.2, 0) is 44.7 Å². The number of hydrogen-bond acceptors (Lipinski definition) is 9. The molecule has 2 aliphatic rings. The molecule has 1 amide bonds. The van der Waals surface area contributed by atoms with E-state index in [-0.39, 0.29) is 25.0 Å². The number of fused-ring (bicyclic) bond motifs is 3. The van der Waals surface area contributed by atoms with Gasteiger partial charge in [-0.3, -0.25) is 4.79 Å². The van der Waals surface area contributed by atoms with E-state index in [2.05, 4.69) is 19.2 Å². The molecule has 10 heteroatoms. The van der Waals surface area contributed by atoms with Crippen molar-refractivity contribution >= 4 is 24.0 Å². The van der Waals surface area contributed by atoms with Gasteiger partial charge in [-0.15, -0.1) is 0 Å². The molecule has 59 heavy (non-hydrogen) atoms. The minimum Gasteiger partial charge on any atom is -0.461 e. The minimum atomic E-state index is -1.62. The Labute approximate surface area is 351 Å². The topological polar surface area (TPSA) is 126 Å². The summed E-state index contributed by atoms with van der Waals surface area (Å²) in [4.78, 5) is 54.5. The van der Waals surface area contributed by atoms with E-state index < -0.39 is 54.0 Å². The number of esters is 3. The molecular formula is C49H65NO9. The predicted octanol–water partition coefficient (Wildman–Crippen LogP) is 10.4. The molecule has 1 aliphatic heterocycles. The Bertz CT molecular complexity index is 1780. The fourth-order valence-electron chi connectivity index (χ4n) is 8.24. The molecule has 3 aromatic carbocycles. The van der Waals surface area contributed by atoms with Crippen molar-refractivity contribution in [3.05, 3.63) is 95.6 Å². The number of ether oxygens (including phenoxy) is 5. The largest absolute Gasteiger partial charge is 0.461 e. The molecule has 0 bridgehead atoms. The number of rotatable bonds is 23. The zero-order valence-corrected chi connectivity index (χ0v) is 35.9. The van der Waals surface area contributed by atoms with Gasteiger partial charge < -0.3 is 29.0 Å². The fourth-order valence-corrected chi connectivity index (χ4v) is 8.24. The van der Waals surface area contributed by atoms with Gasteiger partial charge in [0.15, 0.2) is 12.1 Å². The molecule has 5 atom stereocenters. The summed E-state index contributed by atoms with van der Waals surface area (Å²) in [6.07, 6.45) is 9.22. The SMILES string of the molecule is CC(C)CCCCCCCCCCC[C@@H](C)[C@H](OC(=O)[C@@H](NC(=O)OCC1c2ccccc2-c2ccccc21)[C@@H]1OC(C)(C)OC1=O)[C@H](C)C(=O)OCc1ccccc1. The Morgan fingerprint density at radius 1 is 0.695 bits per heavy atom. The van der Waals surface area contributed by atoms with Crippen LogP contribution < -0.4 is 5.32 Å². The summed E-state index contributed by atoms with van der Waals surface area (Å²) in [5.74, 6) is -4.19. The molecule has 0 saturated carbocycles. The molecule has 1 N–H and O–H groups in total. The van der Waals surface area contributed by atoms with E-state index in [1.807, 2.05) is 85.8 Å². The highest BCUT2D eigenvalue weighted by atomic mass is 16.8. The Hall–Kier alpha value is -4.70. The normalized spacial score (nSPS) is 17.6. The smallest absolute Gasteiger partial charge is 0.407 e. The van der Waals surface area contributed by atoms with Crippen LogP contribution in [0, 0.1) is 17.8 Å². The van der Waals surface area contributed by atoms with Gasteiger partial charge in [0.05, 0.1) is 5.92 Å². The van der Waals surface area contributed by atoms with Crippen LogP contribution in [0.2, 0.25) is 0 Å². The number of carbonyl (C=O) groups excluding carboxylic acids is 4. The number of cyclic esters (lactones) is 1. The van der Waals surface area contributed by atoms with Crippen molar-refractivity contribution in [2.75, 3.05) is 6.61 Å². The molecule has 0 radical (unpaired) electrons. The summed E-state index contributed by atoms with van der Waals surface area (Å²) >= 11 is 0. The van der Waals surface area contributed by atoms with Crippen LogP contribution in [0.3, 0.4) is 0 Å². The highest BCUT2D eigenvalue weighted by Gasteiger charge is 2.50. The van der Waals surface area contributed by atoms with Gasteiger partial charge in [0, 0.05) is 19.8 Å². The summed E-state index contributed by atoms with van der Waals surface area (Å²) in [7, 11) is 0. The van der Waals surface area contributed by atoms with Crippen LogP contribution >= 0.6 is 0 Å². The molecule has 1 aliphatic carbocycles. The van der Waals surface area contributed by atoms with E-state index >= 15 is 0 Å². The van der Waals surface area contributed by atoms with Gasteiger partial charge in [0.25, 0.3) is 0 Å². The number of unbranched alkanes of at least 4 members (excludes halogenated alkanes) is 8. The van der Waals surface area contributed by atoms with E-state index in [1.165, 1.54) is 44.9 Å². The average Bonchev–Trinajstić information content (AvgIpc) is 3.69. The summed E-state index contributed by atoms with van der Waals surface area (Å²) in [6.45, 7) is 11.3. The van der Waals surface area contributed by atoms with E-state index in [9.17, 15) is 19.2 Å². The van der Waals surface area contributed by atoms with Gasteiger partial charge in [-0.2, -0.15) is 0 Å². The van der Waals surface area contributed by atoms with Crippen molar-refractivity contribution < 1.29 is 42.9 Å². The first kappa shape index (κ1) is 45.4. The monoisotopic (exact) mass is 811 g/mol. The molecule has 3 aromatic rings. The summed E-state index contributed by atoms with van der Waals surface area (Å²) in [5, 5.41) is 2.57. The number of hydrogen-bond donors (Lipinski definition) is 1. The number of nitrogens with one attached hydrogen (secondary N) is 1. The summed E-state index contributed by atoms with van der Waals surface area (Å²) in [5.41, 5.74) is 5.03. The maximum Gasteiger partial charge on any atom is 0.407 e. The van der Waals surface area contributed by atoms with Gasteiger partial charge >= 0.3 is 24.0 Å². The second-order valence-electron chi connectivity index (χ2n) is 17.2. The Morgan fingerprint density at radius 3 is 1.80 bits per heavy atom. The maximum atomic E-state index is 14.3. The first-order valence-corrected chi connectivity index (χ1v) is 21.8. The lowest BCUT2D eigenvalue weighted by Crippen LogP contribution is -2.54. The third-order valence-corrected chi connectivity index (χ3v) is 11.5. The van der Waals surface area contributed by atoms with Crippen molar-refractivity contribution in [1.29, 1.82) is 0 Å². The Balaban J connectivity index is 1.24. The maximum absolute atomic E-state index is 14.3. The third kappa shape index (κ3) is 13.1. The zero-order valence-electron chi connectivity index (χ0n) is 35.9. The van der Waals surface area contributed by atoms with Gasteiger partial charge in [0.2, 0.25) is 5.79 Å². The van der Waals surface area contributed by atoms with Crippen LogP contribution in [0.5, 0.6) is 0 Å². The van der Waals surface area contributed by atoms with E-state index in [0.29, 0.717) is 6.42 Å². The first-order valence-electron chi connectivity index (χ1n) is 21.8. The molecule has 320 valence electrons. The van der Waals surface area contributed by atoms with Crippen LogP contribution in [0.4, 0.5) is 4.79 Å². The highest BCUT2D eigenvalue weighted by molar-refractivity contribution is 5.90. The molecule has 0 aromatic heterocycles. The zero-order chi connectivity index (χ0) is 42.4. The van der Waals surface area contributed by atoms with Gasteiger partial charge in [-0.1, -0.05) is 164 Å². The molecule has 0 unspecified atom stereocenters. The lowest BCUT2D eigenvalue weighted by Gasteiger charge is -2.31. The third-order valence-electron chi connectivity index (χ3n) is 11.5. The first-order chi connectivity index (χ1) is 28.3. The fraction of sp³-hybridized carbons (Fsp3) is 0.551. The molecule has 5 rings (SSSR count). The molecule has 1 fully saturated rings. The molecule has 1 heterocycles. The lowest BCUT2D eigenvalue weighted by molar-refractivity contribution is -0.172. The molecule has 0 spiro atoms. The van der Waals surface area contributed by atoms with Crippen LogP contribution in [0.25, 0.3) is 11.1 Å². The van der Waals surface area contributed by atoms with Crippen molar-refractivity contribution in [1.82, 2.24) is 5.32 Å². The van der Waals surface area contributed by atoms with Crippen LogP contribution in [0.15, 0.2) is 78.9 Å². The van der Waals surface area contributed by atoms with E-state index in [4.69, 9.17) is 23.7 Å². The van der Waals surface area contributed by atoms with Crippen LogP contribution in [0.1, 0.15) is 135 Å². The molecule has 1 saturated heterocycles. The number of amides is 1. The van der Waals surface area contributed by atoms with Gasteiger partial charge in [0.1, 0.15) is 19.3 Å². The number of benzene rings is 3. The van der Waals surface area contributed by atoms with Crippen molar-refractivity contribution in [2.45, 2.75) is 149 Å². The quantitative estimate of drug-likeness (QED) is 0.0566. The second kappa shape index (κ2) is 22.1. The summed E-state index contributed by atoms with van der Waals surface area (Å²) < 4.78 is 28.9. The number of carbonyl (C=O) groups is 4. The standard InChI is InChI=1S/C49H65NO9/c1-33(2)23-15-12-10-8-7-9-11-13-16-24-34(3)43(35(4)45(51)55-31-36-25-17-14-18-26-36)57-46(52)42(44-47(53)59-49(5,6)58-44)50-48(54)56-32-41-39-29-21-19-27-37(39)38-28-20-22-30-40(38)41/h14,17-22,25-30,33-35,41-44H,7-13,15-16,23-24,31-32H2,1-6H3,(H,50,54)/t34-,35+,42+,43+,44+/m1/s1. The second-order valence-corrected chi connectivity index (χ2v) is 17.2.